The smallest absolute Gasteiger partial charge is 0.300 e. The SMILES string of the molecule is N#Cc1ccc(NC(=O)C#CCN2CCNCC2)cc1. The fourth-order valence-corrected chi connectivity index (χ4v) is 1.89. The Balaban J connectivity index is 1.81. The van der Waals surface area contributed by atoms with Crippen molar-refractivity contribution in [1.29, 1.82) is 5.26 Å². The molecule has 0 aromatic heterocycles. The van der Waals surface area contributed by atoms with E-state index in [1.54, 1.807) is 24.3 Å². The number of hydrogen-bond acceptors (Lipinski definition) is 4. The second-order valence-corrected chi connectivity index (χ2v) is 4.47. The van der Waals surface area contributed by atoms with Gasteiger partial charge in [-0.2, -0.15) is 5.26 Å². The third-order valence-electron chi connectivity index (χ3n) is 2.99. The van der Waals surface area contributed by atoms with Crippen molar-refractivity contribution < 1.29 is 4.79 Å². The maximum absolute atomic E-state index is 11.6. The zero-order chi connectivity index (χ0) is 14.2. The summed E-state index contributed by atoms with van der Waals surface area (Å²) in [6.07, 6.45) is 0. The van der Waals surface area contributed by atoms with Crippen molar-refractivity contribution in [3.05, 3.63) is 29.8 Å². The third kappa shape index (κ3) is 4.40. The summed E-state index contributed by atoms with van der Waals surface area (Å²) >= 11 is 0. The molecule has 102 valence electrons. The highest BCUT2D eigenvalue weighted by molar-refractivity contribution is 6.03. The minimum absolute atomic E-state index is 0.329. The molecule has 1 aliphatic heterocycles. The van der Waals surface area contributed by atoms with Crippen LogP contribution in [0.5, 0.6) is 0 Å². The number of rotatable bonds is 2. The summed E-state index contributed by atoms with van der Waals surface area (Å²) in [7, 11) is 0. The Morgan fingerprint density at radius 2 is 2.00 bits per heavy atom. The Bertz CT molecular complexity index is 556. The molecule has 1 fully saturated rings. The van der Waals surface area contributed by atoms with E-state index in [1.807, 2.05) is 6.07 Å². The van der Waals surface area contributed by atoms with Gasteiger partial charge in [0.05, 0.1) is 18.2 Å². The maximum Gasteiger partial charge on any atom is 0.300 e. The van der Waals surface area contributed by atoms with Gasteiger partial charge in [-0.25, -0.2) is 0 Å². The first-order chi connectivity index (χ1) is 9.78. The molecule has 1 heterocycles. The predicted molar refractivity (Wildman–Crippen MR) is 76.9 cm³/mol. The summed E-state index contributed by atoms with van der Waals surface area (Å²) < 4.78 is 0. The van der Waals surface area contributed by atoms with Gasteiger partial charge >= 0.3 is 0 Å². The number of hydrogen-bond donors (Lipinski definition) is 2. The van der Waals surface area contributed by atoms with Gasteiger partial charge in [0.2, 0.25) is 0 Å². The van der Waals surface area contributed by atoms with Crippen LogP contribution >= 0.6 is 0 Å². The highest BCUT2D eigenvalue weighted by atomic mass is 16.1. The standard InChI is InChI=1S/C15H16N4O/c16-12-13-3-5-14(6-4-13)18-15(20)2-1-9-19-10-7-17-8-11-19/h3-6,17H,7-11H2,(H,18,20). The van der Waals surface area contributed by atoms with Crippen LogP contribution < -0.4 is 10.6 Å². The third-order valence-corrected chi connectivity index (χ3v) is 2.99. The average Bonchev–Trinajstić information content (AvgIpc) is 2.49. The molecular weight excluding hydrogens is 252 g/mol. The second-order valence-electron chi connectivity index (χ2n) is 4.47. The van der Waals surface area contributed by atoms with Crippen LogP contribution in [0.15, 0.2) is 24.3 Å². The van der Waals surface area contributed by atoms with Crippen molar-refractivity contribution in [2.75, 3.05) is 38.0 Å². The fourth-order valence-electron chi connectivity index (χ4n) is 1.89. The van der Waals surface area contributed by atoms with Crippen LogP contribution in [0.25, 0.3) is 0 Å². The van der Waals surface area contributed by atoms with Crippen LogP contribution in [0.4, 0.5) is 5.69 Å². The van der Waals surface area contributed by atoms with Gasteiger partial charge in [-0.3, -0.25) is 9.69 Å². The number of anilines is 1. The lowest BCUT2D eigenvalue weighted by molar-refractivity contribution is -0.111. The van der Waals surface area contributed by atoms with Gasteiger partial charge in [0.25, 0.3) is 5.91 Å². The normalized spacial score (nSPS) is 14.8. The van der Waals surface area contributed by atoms with Crippen LogP contribution in [0, 0.1) is 23.2 Å². The summed E-state index contributed by atoms with van der Waals surface area (Å²) in [5, 5.41) is 14.6. The van der Waals surface area contributed by atoms with E-state index in [0.29, 0.717) is 17.8 Å². The van der Waals surface area contributed by atoms with E-state index in [1.165, 1.54) is 0 Å². The van der Waals surface area contributed by atoms with Gasteiger partial charge in [-0.05, 0) is 30.2 Å². The molecule has 2 N–H and O–H groups in total. The van der Waals surface area contributed by atoms with Crippen molar-refractivity contribution in [2.24, 2.45) is 0 Å². The van der Waals surface area contributed by atoms with Crippen molar-refractivity contribution in [3.8, 4) is 17.9 Å². The largest absolute Gasteiger partial charge is 0.315 e. The number of benzene rings is 1. The van der Waals surface area contributed by atoms with Gasteiger partial charge in [0.15, 0.2) is 0 Å². The molecule has 5 nitrogen and oxygen atoms in total. The molecule has 0 spiro atoms. The van der Waals surface area contributed by atoms with Gasteiger partial charge in [0.1, 0.15) is 0 Å². The van der Waals surface area contributed by atoms with Crippen LogP contribution in [0.2, 0.25) is 0 Å². The van der Waals surface area contributed by atoms with Crippen molar-refractivity contribution in [1.82, 2.24) is 10.2 Å². The van der Waals surface area contributed by atoms with E-state index in [-0.39, 0.29) is 5.91 Å². The summed E-state index contributed by atoms with van der Waals surface area (Å²) in [6.45, 7) is 4.48. The lowest BCUT2D eigenvalue weighted by Crippen LogP contribution is -2.43. The topological polar surface area (TPSA) is 68.2 Å². The zero-order valence-electron chi connectivity index (χ0n) is 11.1. The minimum Gasteiger partial charge on any atom is -0.315 e. The van der Waals surface area contributed by atoms with E-state index >= 15 is 0 Å². The Kier molecular flexibility index (Phi) is 5.14. The average molecular weight is 268 g/mol. The number of carbonyl (C=O) groups is 1. The number of nitrogens with one attached hydrogen (secondary N) is 2. The summed E-state index contributed by atoms with van der Waals surface area (Å²) in [6, 6.07) is 8.72. The Morgan fingerprint density at radius 3 is 2.65 bits per heavy atom. The van der Waals surface area contributed by atoms with Crippen molar-refractivity contribution in [2.45, 2.75) is 0 Å². The Hall–Kier alpha value is -2.34. The number of carbonyl (C=O) groups excluding carboxylic acids is 1. The fraction of sp³-hybridized carbons (Fsp3) is 0.333. The number of piperazine rings is 1. The molecule has 5 heteroatoms. The van der Waals surface area contributed by atoms with E-state index in [4.69, 9.17) is 5.26 Å². The van der Waals surface area contributed by atoms with Crippen LogP contribution in [-0.4, -0.2) is 43.5 Å². The lowest BCUT2D eigenvalue weighted by atomic mass is 10.2. The molecule has 0 saturated carbocycles. The minimum atomic E-state index is -0.329. The van der Waals surface area contributed by atoms with E-state index in [0.717, 1.165) is 26.2 Å². The Labute approximate surface area is 118 Å². The zero-order valence-corrected chi connectivity index (χ0v) is 11.1. The summed E-state index contributed by atoms with van der Waals surface area (Å²) in [5.74, 6) is 5.13. The highest BCUT2D eigenvalue weighted by Crippen LogP contribution is 2.08. The number of nitriles is 1. The number of amides is 1. The molecule has 20 heavy (non-hydrogen) atoms. The lowest BCUT2D eigenvalue weighted by Gasteiger charge is -2.24. The molecule has 0 bridgehead atoms. The second kappa shape index (κ2) is 7.30. The molecule has 1 saturated heterocycles. The molecule has 0 atom stereocenters. The van der Waals surface area contributed by atoms with Gasteiger partial charge in [-0.1, -0.05) is 5.92 Å². The highest BCUT2D eigenvalue weighted by Gasteiger charge is 2.06. The molecule has 0 radical (unpaired) electrons. The van der Waals surface area contributed by atoms with Crippen molar-refractivity contribution >= 4 is 11.6 Å². The molecule has 1 aromatic carbocycles. The van der Waals surface area contributed by atoms with E-state index in [9.17, 15) is 4.79 Å². The Morgan fingerprint density at radius 1 is 1.30 bits per heavy atom. The molecular formula is C15H16N4O. The first kappa shape index (κ1) is 14.1. The summed E-state index contributed by atoms with van der Waals surface area (Å²) in [5.41, 5.74) is 1.21. The molecule has 1 aliphatic rings. The van der Waals surface area contributed by atoms with Gasteiger partial charge < -0.3 is 10.6 Å². The number of nitrogens with zero attached hydrogens (tertiary/aromatic N) is 2. The maximum atomic E-state index is 11.6. The first-order valence-electron chi connectivity index (χ1n) is 6.51. The van der Waals surface area contributed by atoms with Crippen molar-refractivity contribution in [3.63, 3.8) is 0 Å². The summed E-state index contributed by atoms with van der Waals surface area (Å²) in [4.78, 5) is 13.8. The first-order valence-corrected chi connectivity index (χ1v) is 6.51. The molecule has 0 unspecified atom stereocenters. The van der Waals surface area contributed by atoms with Crippen LogP contribution in [0.1, 0.15) is 5.56 Å². The van der Waals surface area contributed by atoms with Gasteiger partial charge in [-0.15, -0.1) is 0 Å². The molecule has 1 amide bonds. The van der Waals surface area contributed by atoms with Crippen LogP contribution in [-0.2, 0) is 4.79 Å². The molecule has 1 aromatic rings. The van der Waals surface area contributed by atoms with E-state index in [2.05, 4.69) is 27.4 Å². The molecule has 0 aliphatic carbocycles. The van der Waals surface area contributed by atoms with Gasteiger partial charge in [0, 0.05) is 31.9 Å². The quantitative estimate of drug-likeness (QED) is 0.762. The van der Waals surface area contributed by atoms with Crippen LogP contribution in [0.3, 0.4) is 0 Å². The monoisotopic (exact) mass is 268 g/mol. The predicted octanol–water partition coefficient (Wildman–Crippen LogP) is 0.405. The van der Waals surface area contributed by atoms with E-state index < -0.39 is 0 Å². The molecule has 2 rings (SSSR count).